The fraction of sp³-hybridized carbons (Fsp3) is 0.375. The van der Waals surface area contributed by atoms with E-state index in [9.17, 15) is 4.39 Å². The van der Waals surface area contributed by atoms with Crippen molar-refractivity contribution < 1.29 is 9.13 Å². The highest BCUT2D eigenvalue weighted by molar-refractivity contribution is 5.58. The maximum atomic E-state index is 13.5. The Bertz CT molecular complexity index is 660. The molecule has 0 radical (unpaired) electrons. The zero-order valence-electron chi connectivity index (χ0n) is 12.2. The second kappa shape index (κ2) is 5.77. The average molecular weight is 287 g/mol. The zero-order valence-corrected chi connectivity index (χ0v) is 12.2. The monoisotopic (exact) mass is 287 g/mol. The molecule has 1 atom stereocenters. The quantitative estimate of drug-likeness (QED) is 0.943. The van der Waals surface area contributed by atoms with E-state index in [1.807, 2.05) is 13.2 Å². The maximum absolute atomic E-state index is 13.5. The third kappa shape index (κ3) is 2.61. The highest BCUT2D eigenvalue weighted by atomic mass is 19.1. The molecule has 1 aromatic heterocycles. The molecule has 1 aliphatic carbocycles. The van der Waals surface area contributed by atoms with E-state index in [1.54, 1.807) is 12.1 Å². The van der Waals surface area contributed by atoms with Gasteiger partial charge in [0.1, 0.15) is 0 Å². The number of ether oxygens (including phenoxy) is 1. The van der Waals surface area contributed by atoms with E-state index in [4.69, 9.17) is 4.74 Å². The van der Waals surface area contributed by atoms with Crippen LogP contribution in [0.25, 0.3) is 11.4 Å². The Morgan fingerprint density at radius 3 is 3.00 bits per heavy atom. The van der Waals surface area contributed by atoms with Gasteiger partial charge in [-0.05, 0) is 44.5 Å². The molecule has 0 spiro atoms. The van der Waals surface area contributed by atoms with Crippen LogP contribution in [0.2, 0.25) is 0 Å². The normalized spacial score (nSPS) is 17.4. The van der Waals surface area contributed by atoms with Crippen LogP contribution in [0, 0.1) is 5.82 Å². The Morgan fingerprint density at radius 2 is 2.24 bits per heavy atom. The number of nitrogens with one attached hydrogen (secondary N) is 1. The van der Waals surface area contributed by atoms with Crippen LogP contribution in [0.1, 0.15) is 30.1 Å². The first kappa shape index (κ1) is 13.9. The summed E-state index contributed by atoms with van der Waals surface area (Å²) in [5.41, 5.74) is 3.01. The Morgan fingerprint density at radius 1 is 1.38 bits per heavy atom. The van der Waals surface area contributed by atoms with Gasteiger partial charge in [0.2, 0.25) is 0 Å². The number of nitrogens with zero attached hydrogens (tertiary/aromatic N) is 2. The number of fused-ring (bicyclic) bond motifs is 1. The molecule has 1 unspecified atom stereocenters. The molecule has 4 nitrogen and oxygen atoms in total. The molecule has 3 rings (SSSR count). The summed E-state index contributed by atoms with van der Waals surface area (Å²) in [7, 11) is 3.41. The van der Waals surface area contributed by atoms with Gasteiger partial charge in [0.15, 0.2) is 17.4 Å². The Balaban J connectivity index is 2.00. The SMILES string of the molecule is CNC1CCCc2nc(-c3ccc(F)c(OC)c3)ncc21. The van der Waals surface area contributed by atoms with E-state index >= 15 is 0 Å². The third-order valence-electron chi connectivity index (χ3n) is 3.94. The predicted molar refractivity (Wildman–Crippen MR) is 78.7 cm³/mol. The van der Waals surface area contributed by atoms with E-state index < -0.39 is 0 Å². The van der Waals surface area contributed by atoms with Gasteiger partial charge in [-0.25, -0.2) is 14.4 Å². The largest absolute Gasteiger partial charge is 0.494 e. The molecule has 0 saturated heterocycles. The number of aromatic nitrogens is 2. The molecular weight excluding hydrogens is 269 g/mol. The van der Waals surface area contributed by atoms with Gasteiger partial charge in [0.25, 0.3) is 0 Å². The lowest BCUT2D eigenvalue weighted by Gasteiger charge is -2.24. The van der Waals surface area contributed by atoms with E-state index in [-0.39, 0.29) is 11.6 Å². The predicted octanol–water partition coefficient (Wildman–Crippen LogP) is 2.89. The van der Waals surface area contributed by atoms with E-state index in [0.717, 1.165) is 30.5 Å². The topological polar surface area (TPSA) is 47.0 Å². The number of rotatable bonds is 3. The first-order valence-corrected chi connectivity index (χ1v) is 7.10. The van der Waals surface area contributed by atoms with Crippen LogP contribution < -0.4 is 10.1 Å². The number of halogens is 1. The van der Waals surface area contributed by atoms with Gasteiger partial charge >= 0.3 is 0 Å². The molecular formula is C16H18FN3O. The molecule has 0 aliphatic heterocycles. The van der Waals surface area contributed by atoms with Crippen molar-refractivity contribution in [2.45, 2.75) is 25.3 Å². The van der Waals surface area contributed by atoms with Crippen LogP contribution in [-0.2, 0) is 6.42 Å². The Kier molecular flexibility index (Phi) is 3.84. The minimum absolute atomic E-state index is 0.210. The molecule has 1 aliphatic rings. The number of aryl methyl sites for hydroxylation is 1. The molecule has 0 bridgehead atoms. The first-order valence-electron chi connectivity index (χ1n) is 7.10. The van der Waals surface area contributed by atoms with Crippen LogP contribution in [0.3, 0.4) is 0 Å². The van der Waals surface area contributed by atoms with Gasteiger partial charge in [-0.3, -0.25) is 0 Å². The summed E-state index contributed by atoms with van der Waals surface area (Å²) < 4.78 is 18.5. The maximum Gasteiger partial charge on any atom is 0.165 e. The lowest BCUT2D eigenvalue weighted by atomic mass is 9.92. The van der Waals surface area contributed by atoms with Gasteiger partial charge in [-0.15, -0.1) is 0 Å². The smallest absolute Gasteiger partial charge is 0.165 e. The van der Waals surface area contributed by atoms with Crippen molar-refractivity contribution in [3.63, 3.8) is 0 Å². The van der Waals surface area contributed by atoms with E-state index in [1.165, 1.54) is 18.7 Å². The summed E-state index contributed by atoms with van der Waals surface area (Å²) in [5, 5.41) is 3.30. The number of methoxy groups -OCH3 is 1. The molecule has 5 heteroatoms. The van der Waals surface area contributed by atoms with Crippen molar-refractivity contribution in [2.75, 3.05) is 14.2 Å². The summed E-state index contributed by atoms with van der Waals surface area (Å²) in [4.78, 5) is 9.09. The van der Waals surface area contributed by atoms with E-state index in [0.29, 0.717) is 11.9 Å². The third-order valence-corrected chi connectivity index (χ3v) is 3.94. The van der Waals surface area contributed by atoms with Gasteiger partial charge < -0.3 is 10.1 Å². The number of hydrogen-bond acceptors (Lipinski definition) is 4. The van der Waals surface area contributed by atoms with Crippen LogP contribution in [0.5, 0.6) is 5.75 Å². The number of hydrogen-bond donors (Lipinski definition) is 1. The average Bonchev–Trinajstić information content (AvgIpc) is 2.54. The molecule has 0 amide bonds. The highest BCUT2D eigenvalue weighted by Gasteiger charge is 2.21. The van der Waals surface area contributed by atoms with Crippen molar-refractivity contribution in [3.05, 3.63) is 41.5 Å². The Hall–Kier alpha value is -2.01. The lowest BCUT2D eigenvalue weighted by Crippen LogP contribution is -2.22. The van der Waals surface area contributed by atoms with Crippen LogP contribution in [0.4, 0.5) is 4.39 Å². The molecule has 1 aromatic carbocycles. The van der Waals surface area contributed by atoms with Crippen molar-refractivity contribution in [2.24, 2.45) is 0 Å². The van der Waals surface area contributed by atoms with Crippen LogP contribution in [0.15, 0.2) is 24.4 Å². The van der Waals surface area contributed by atoms with E-state index in [2.05, 4.69) is 15.3 Å². The molecule has 110 valence electrons. The van der Waals surface area contributed by atoms with Crippen molar-refractivity contribution in [3.8, 4) is 17.1 Å². The fourth-order valence-electron chi connectivity index (χ4n) is 2.78. The van der Waals surface area contributed by atoms with Crippen LogP contribution >= 0.6 is 0 Å². The minimum atomic E-state index is -0.380. The molecule has 0 fully saturated rings. The zero-order chi connectivity index (χ0) is 14.8. The fourth-order valence-corrected chi connectivity index (χ4v) is 2.78. The summed E-state index contributed by atoms with van der Waals surface area (Å²) >= 11 is 0. The highest BCUT2D eigenvalue weighted by Crippen LogP contribution is 2.30. The van der Waals surface area contributed by atoms with Crippen LogP contribution in [-0.4, -0.2) is 24.1 Å². The lowest BCUT2D eigenvalue weighted by molar-refractivity contribution is 0.386. The van der Waals surface area contributed by atoms with Gasteiger partial charge in [-0.1, -0.05) is 0 Å². The second-order valence-electron chi connectivity index (χ2n) is 5.18. The molecule has 1 heterocycles. The molecule has 0 saturated carbocycles. The summed E-state index contributed by atoms with van der Waals surface area (Å²) in [6, 6.07) is 5.02. The van der Waals surface area contributed by atoms with Gasteiger partial charge in [0, 0.05) is 29.1 Å². The number of benzene rings is 1. The minimum Gasteiger partial charge on any atom is -0.494 e. The van der Waals surface area contributed by atoms with Crippen molar-refractivity contribution in [1.82, 2.24) is 15.3 Å². The van der Waals surface area contributed by atoms with Gasteiger partial charge in [-0.2, -0.15) is 0 Å². The standard InChI is InChI=1S/C16H18FN3O/c1-18-13-4-3-5-14-11(13)9-19-16(20-14)10-6-7-12(17)15(8-10)21-2/h6-9,13,18H,3-5H2,1-2H3. The summed E-state index contributed by atoms with van der Waals surface area (Å²) in [6.07, 6.45) is 5.06. The Labute approximate surface area is 123 Å². The summed E-state index contributed by atoms with van der Waals surface area (Å²) in [6.45, 7) is 0. The molecule has 1 N–H and O–H groups in total. The van der Waals surface area contributed by atoms with Gasteiger partial charge in [0.05, 0.1) is 7.11 Å². The summed E-state index contributed by atoms with van der Waals surface area (Å²) in [5.74, 6) is 0.445. The second-order valence-corrected chi connectivity index (χ2v) is 5.18. The van der Waals surface area contributed by atoms with Crippen molar-refractivity contribution >= 4 is 0 Å². The molecule has 2 aromatic rings. The first-order chi connectivity index (χ1) is 10.2. The van der Waals surface area contributed by atoms with Crippen molar-refractivity contribution in [1.29, 1.82) is 0 Å². The molecule has 21 heavy (non-hydrogen) atoms.